The topological polar surface area (TPSA) is 29.5 Å². The van der Waals surface area contributed by atoms with Gasteiger partial charge in [-0.3, -0.25) is 9.69 Å². The predicted molar refractivity (Wildman–Crippen MR) is 98.8 cm³/mol. The molecule has 0 spiro atoms. The highest BCUT2D eigenvalue weighted by Gasteiger charge is 2.43. The lowest BCUT2D eigenvalue weighted by Gasteiger charge is -2.48. The van der Waals surface area contributed by atoms with Gasteiger partial charge in [0.1, 0.15) is 5.82 Å². The molecule has 2 fully saturated rings. The summed E-state index contributed by atoms with van der Waals surface area (Å²) >= 11 is 0. The van der Waals surface area contributed by atoms with Gasteiger partial charge >= 0.3 is 6.18 Å². The van der Waals surface area contributed by atoms with Gasteiger partial charge in [0.05, 0.1) is 18.8 Å². The highest BCUT2D eigenvalue weighted by molar-refractivity contribution is 5.99. The van der Waals surface area contributed by atoms with E-state index in [-0.39, 0.29) is 12.1 Å². The van der Waals surface area contributed by atoms with Crippen molar-refractivity contribution in [2.75, 3.05) is 13.2 Å². The summed E-state index contributed by atoms with van der Waals surface area (Å²) in [6, 6.07) is 12.1. The predicted octanol–water partition coefficient (Wildman–Crippen LogP) is 4.71. The maximum atomic E-state index is 13.4. The molecule has 2 aliphatic heterocycles. The number of fused-ring (bicyclic) bond motifs is 2. The SMILES string of the molecule is O=C(c1ccc(F)cc1C(F)(F)F)C1CC2COCC(C1)N2Cc1ccccc1. The Morgan fingerprint density at radius 1 is 1.03 bits per heavy atom. The van der Waals surface area contributed by atoms with Crippen molar-refractivity contribution in [2.24, 2.45) is 5.92 Å². The summed E-state index contributed by atoms with van der Waals surface area (Å²) < 4.78 is 59.1. The van der Waals surface area contributed by atoms with Crippen LogP contribution >= 0.6 is 0 Å². The number of carbonyl (C=O) groups is 1. The number of ketones is 1. The minimum Gasteiger partial charge on any atom is -0.378 e. The van der Waals surface area contributed by atoms with Crippen LogP contribution in [0.3, 0.4) is 0 Å². The summed E-state index contributed by atoms with van der Waals surface area (Å²) in [5, 5.41) is 0. The van der Waals surface area contributed by atoms with Crippen molar-refractivity contribution in [2.45, 2.75) is 37.6 Å². The Bertz CT molecular complexity index is 870. The van der Waals surface area contributed by atoms with Crippen LogP contribution in [0.25, 0.3) is 0 Å². The summed E-state index contributed by atoms with van der Waals surface area (Å²) in [5.74, 6) is -2.10. The molecule has 29 heavy (non-hydrogen) atoms. The van der Waals surface area contributed by atoms with Gasteiger partial charge in [0, 0.05) is 30.1 Å². The molecule has 2 aromatic rings. The van der Waals surface area contributed by atoms with Crippen LogP contribution in [0.2, 0.25) is 0 Å². The molecular weight excluding hydrogens is 386 g/mol. The standard InChI is InChI=1S/C22H21F4NO2/c23-16-6-7-19(20(10-16)22(24,25)26)21(28)15-8-17-12-29-13-18(9-15)27(17)11-14-4-2-1-3-5-14/h1-7,10,15,17-18H,8-9,11-13H2. The first kappa shape index (κ1) is 20.0. The number of benzene rings is 2. The van der Waals surface area contributed by atoms with E-state index < -0.39 is 34.8 Å². The molecule has 0 saturated carbocycles. The summed E-state index contributed by atoms with van der Waals surface area (Å²) in [5.41, 5.74) is -0.498. The molecule has 2 heterocycles. The number of carbonyl (C=O) groups excluding carboxylic acids is 1. The van der Waals surface area contributed by atoms with Crippen molar-refractivity contribution in [3.63, 3.8) is 0 Å². The van der Waals surface area contributed by atoms with Gasteiger partial charge in [-0.2, -0.15) is 13.2 Å². The van der Waals surface area contributed by atoms with Gasteiger partial charge in [-0.15, -0.1) is 0 Å². The second-order valence-electron chi connectivity index (χ2n) is 7.72. The average Bonchev–Trinajstić information content (AvgIpc) is 2.67. The lowest BCUT2D eigenvalue weighted by molar-refractivity contribution is -0.138. The molecule has 0 radical (unpaired) electrons. The third kappa shape index (κ3) is 4.21. The maximum Gasteiger partial charge on any atom is 0.417 e. The Morgan fingerprint density at radius 3 is 2.31 bits per heavy atom. The maximum absolute atomic E-state index is 13.4. The Balaban J connectivity index is 1.56. The number of nitrogens with zero attached hydrogens (tertiary/aromatic N) is 1. The van der Waals surface area contributed by atoms with E-state index in [4.69, 9.17) is 4.74 Å². The third-order valence-electron chi connectivity index (χ3n) is 5.80. The normalized spacial score (nSPS) is 25.0. The van der Waals surface area contributed by atoms with Crippen molar-refractivity contribution in [3.8, 4) is 0 Å². The fourth-order valence-corrected chi connectivity index (χ4v) is 4.44. The monoisotopic (exact) mass is 407 g/mol. The Hall–Kier alpha value is -2.25. The fourth-order valence-electron chi connectivity index (χ4n) is 4.44. The van der Waals surface area contributed by atoms with Gasteiger partial charge in [0.2, 0.25) is 0 Å². The van der Waals surface area contributed by atoms with Crippen LogP contribution in [0.1, 0.15) is 34.3 Å². The van der Waals surface area contributed by atoms with E-state index in [0.29, 0.717) is 38.7 Å². The summed E-state index contributed by atoms with van der Waals surface area (Å²) in [6.45, 7) is 1.61. The van der Waals surface area contributed by atoms with E-state index >= 15 is 0 Å². The quantitative estimate of drug-likeness (QED) is 0.543. The lowest BCUT2D eigenvalue weighted by Crippen LogP contribution is -2.57. The van der Waals surface area contributed by atoms with Crippen LogP contribution in [0.5, 0.6) is 0 Å². The van der Waals surface area contributed by atoms with Crippen molar-refractivity contribution in [1.82, 2.24) is 4.90 Å². The van der Waals surface area contributed by atoms with Crippen LogP contribution in [0.4, 0.5) is 17.6 Å². The largest absolute Gasteiger partial charge is 0.417 e. The second kappa shape index (κ2) is 7.88. The first-order valence-electron chi connectivity index (χ1n) is 9.61. The molecular formula is C22H21F4NO2. The van der Waals surface area contributed by atoms with Crippen LogP contribution in [-0.2, 0) is 17.5 Å². The Labute approximate surface area is 166 Å². The molecule has 154 valence electrons. The number of Topliss-reactive ketones (excluding diaryl/α,β-unsaturated/α-hetero) is 1. The summed E-state index contributed by atoms with van der Waals surface area (Å²) in [7, 11) is 0. The second-order valence-corrected chi connectivity index (χ2v) is 7.72. The van der Waals surface area contributed by atoms with Gasteiger partial charge in [0.25, 0.3) is 0 Å². The van der Waals surface area contributed by atoms with E-state index in [0.717, 1.165) is 17.7 Å². The van der Waals surface area contributed by atoms with E-state index in [9.17, 15) is 22.4 Å². The first-order chi connectivity index (χ1) is 13.8. The van der Waals surface area contributed by atoms with Crippen molar-refractivity contribution >= 4 is 5.78 Å². The fraction of sp³-hybridized carbons (Fsp3) is 0.409. The number of alkyl halides is 3. The first-order valence-corrected chi connectivity index (χ1v) is 9.61. The van der Waals surface area contributed by atoms with Crippen LogP contribution in [-0.4, -0.2) is 36.0 Å². The molecule has 2 bridgehead atoms. The Morgan fingerprint density at radius 2 is 1.69 bits per heavy atom. The number of rotatable bonds is 4. The highest BCUT2D eigenvalue weighted by Crippen LogP contribution is 2.38. The highest BCUT2D eigenvalue weighted by atomic mass is 19.4. The summed E-state index contributed by atoms with van der Waals surface area (Å²) in [6.07, 6.45) is -3.92. The number of ether oxygens (including phenoxy) is 1. The van der Waals surface area contributed by atoms with Crippen molar-refractivity contribution in [1.29, 1.82) is 0 Å². The minimum absolute atomic E-state index is 0.0357. The number of piperidine rings is 1. The molecule has 2 aliphatic rings. The van der Waals surface area contributed by atoms with Gasteiger partial charge in [-0.25, -0.2) is 4.39 Å². The van der Waals surface area contributed by atoms with E-state index in [1.807, 2.05) is 30.3 Å². The van der Waals surface area contributed by atoms with Crippen LogP contribution in [0, 0.1) is 11.7 Å². The van der Waals surface area contributed by atoms with Gasteiger partial charge in [0.15, 0.2) is 5.78 Å². The molecule has 3 nitrogen and oxygen atoms in total. The average molecular weight is 407 g/mol. The van der Waals surface area contributed by atoms with Crippen LogP contribution in [0.15, 0.2) is 48.5 Å². The molecule has 0 amide bonds. The number of halogens is 4. The molecule has 7 heteroatoms. The minimum atomic E-state index is -4.78. The Kier molecular flexibility index (Phi) is 5.44. The van der Waals surface area contributed by atoms with Crippen molar-refractivity contribution < 1.29 is 27.1 Å². The molecule has 2 atom stereocenters. The van der Waals surface area contributed by atoms with E-state index in [2.05, 4.69) is 4.90 Å². The zero-order chi connectivity index (χ0) is 20.6. The molecule has 2 saturated heterocycles. The number of hydrogen-bond donors (Lipinski definition) is 0. The zero-order valence-corrected chi connectivity index (χ0v) is 15.7. The van der Waals surface area contributed by atoms with Crippen molar-refractivity contribution in [3.05, 3.63) is 71.0 Å². The lowest BCUT2D eigenvalue weighted by atomic mass is 9.79. The van der Waals surface area contributed by atoms with E-state index in [1.54, 1.807) is 0 Å². The van der Waals surface area contributed by atoms with Crippen LogP contribution < -0.4 is 0 Å². The van der Waals surface area contributed by atoms with E-state index in [1.165, 1.54) is 0 Å². The summed E-state index contributed by atoms with van der Waals surface area (Å²) in [4.78, 5) is 15.3. The number of hydrogen-bond acceptors (Lipinski definition) is 3. The molecule has 0 aliphatic carbocycles. The number of morpholine rings is 1. The molecule has 0 N–H and O–H groups in total. The van der Waals surface area contributed by atoms with Gasteiger partial charge < -0.3 is 4.74 Å². The molecule has 2 unspecified atom stereocenters. The molecule has 4 rings (SSSR count). The smallest absolute Gasteiger partial charge is 0.378 e. The van der Waals surface area contributed by atoms with Gasteiger partial charge in [-0.05, 0) is 36.6 Å². The third-order valence-corrected chi connectivity index (χ3v) is 5.80. The zero-order valence-electron chi connectivity index (χ0n) is 15.7. The molecule has 2 aromatic carbocycles. The molecule has 0 aromatic heterocycles. The van der Waals surface area contributed by atoms with Gasteiger partial charge in [-0.1, -0.05) is 30.3 Å².